The molecule has 160 valence electrons. The second-order valence-corrected chi connectivity index (χ2v) is 7.61. The third-order valence-corrected chi connectivity index (χ3v) is 5.63. The largest absolute Gasteiger partial charge is 0.493 e. The first-order valence-electron chi connectivity index (χ1n) is 9.53. The number of hydrogen-bond acceptors (Lipinski definition) is 7. The molecule has 9 heteroatoms. The Labute approximate surface area is 179 Å². The van der Waals surface area contributed by atoms with Crippen molar-refractivity contribution in [3.05, 3.63) is 35.3 Å². The Morgan fingerprint density at radius 2 is 1.80 bits per heavy atom. The van der Waals surface area contributed by atoms with Crippen molar-refractivity contribution in [2.24, 2.45) is 5.92 Å². The average molecular weight is 432 g/mol. The van der Waals surface area contributed by atoms with E-state index in [4.69, 9.17) is 14.2 Å². The lowest BCUT2D eigenvalue weighted by molar-refractivity contribution is -0.130. The van der Waals surface area contributed by atoms with Gasteiger partial charge in [-0.15, -0.1) is 11.3 Å². The lowest BCUT2D eigenvalue weighted by Gasteiger charge is -2.30. The maximum Gasteiger partial charge on any atom is 0.246 e. The molecule has 2 aromatic rings. The van der Waals surface area contributed by atoms with Gasteiger partial charge in [-0.25, -0.2) is 4.98 Å². The minimum atomic E-state index is -0.114. The number of anilines is 1. The van der Waals surface area contributed by atoms with Gasteiger partial charge in [0.2, 0.25) is 17.6 Å². The number of methoxy groups -OCH3 is 3. The van der Waals surface area contributed by atoms with Gasteiger partial charge in [0.05, 0.1) is 21.3 Å². The minimum Gasteiger partial charge on any atom is -0.493 e. The molecule has 1 aromatic heterocycles. The Morgan fingerprint density at radius 1 is 1.13 bits per heavy atom. The molecule has 1 fully saturated rings. The first kappa shape index (κ1) is 21.6. The Kier molecular flexibility index (Phi) is 7.29. The van der Waals surface area contributed by atoms with E-state index in [1.54, 1.807) is 50.6 Å². The van der Waals surface area contributed by atoms with Gasteiger partial charge in [-0.3, -0.25) is 9.59 Å². The molecule has 1 aromatic carbocycles. The number of likely N-dealkylation sites (tertiary alicyclic amines) is 1. The van der Waals surface area contributed by atoms with Gasteiger partial charge in [0.15, 0.2) is 16.6 Å². The highest BCUT2D eigenvalue weighted by molar-refractivity contribution is 7.13. The van der Waals surface area contributed by atoms with Crippen molar-refractivity contribution >= 4 is 34.4 Å². The molecule has 1 aliphatic heterocycles. The number of hydrogen-bond donors (Lipinski definition) is 1. The van der Waals surface area contributed by atoms with E-state index in [1.165, 1.54) is 17.4 Å². The smallest absolute Gasteiger partial charge is 0.246 e. The van der Waals surface area contributed by atoms with E-state index < -0.39 is 0 Å². The number of nitrogens with zero attached hydrogens (tertiary/aromatic N) is 2. The number of benzene rings is 1. The van der Waals surface area contributed by atoms with Gasteiger partial charge in [-0.1, -0.05) is 0 Å². The van der Waals surface area contributed by atoms with Gasteiger partial charge in [0, 0.05) is 36.7 Å². The average Bonchev–Trinajstić information content (AvgIpc) is 3.29. The van der Waals surface area contributed by atoms with Crippen LogP contribution in [0.3, 0.4) is 0 Å². The van der Waals surface area contributed by atoms with Crippen LogP contribution < -0.4 is 19.5 Å². The summed E-state index contributed by atoms with van der Waals surface area (Å²) in [5.74, 6) is 1.30. The Morgan fingerprint density at radius 3 is 2.33 bits per heavy atom. The summed E-state index contributed by atoms with van der Waals surface area (Å²) in [6, 6.07) is 3.56. The topological polar surface area (TPSA) is 90.0 Å². The van der Waals surface area contributed by atoms with Crippen LogP contribution in [0.4, 0.5) is 5.13 Å². The number of rotatable bonds is 7. The van der Waals surface area contributed by atoms with Crippen LogP contribution in [-0.4, -0.2) is 56.1 Å². The van der Waals surface area contributed by atoms with Crippen molar-refractivity contribution in [1.82, 2.24) is 9.88 Å². The molecular formula is C21H25N3O5S. The molecular weight excluding hydrogens is 406 g/mol. The van der Waals surface area contributed by atoms with Crippen molar-refractivity contribution in [3.63, 3.8) is 0 Å². The van der Waals surface area contributed by atoms with Crippen LogP contribution in [-0.2, 0) is 9.59 Å². The van der Waals surface area contributed by atoms with Gasteiger partial charge >= 0.3 is 0 Å². The fourth-order valence-corrected chi connectivity index (χ4v) is 3.86. The number of piperidine rings is 1. The van der Waals surface area contributed by atoms with E-state index in [2.05, 4.69) is 10.3 Å². The Hall–Kier alpha value is -3.07. The van der Waals surface area contributed by atoms with Gasteiger partial charge in [0.1, 0.15) is 0 Å². The third kappa shape index (κ3) is 5.10. The summed E-state index contributed by atoms with van der Waals surface area (Å²) < 4.78 is 16.0. The summed E-state index contributed by atoms with van der Waals surface area (Å²) in [4.78, 5) is 30.7. The normalized spacial score (nSPS) is 14.6. The number of ether oxygens (including phenoxy) is 3. The quantitative estimate of drug-likeness (QED) is 0.678. The molecule has 3 rings (SSSR count). The van der Waals surface area contributed by atoms with Crippen molar-refractivity contribution in [2.45, 2.75) is 12.8 Å². The van der Waals surface area contributed by atoms with Crippen LogP contribution in [0.1, 0.15) is 18.4 Å². The molecule has 2 heterocycles. The van der Waals surface area contributed by atoms with Gasteiger partial charge in [0.25, 0.3) is 0 Å². The van der Waals surface area contributed by atoms with Crippen LogP contribution in [0.15, 0.2) is 29.8 Å². The maximum atomic E-state index is 12.6. The number of thiazole rings is 1. The highest BCUT2D eigenvalue weighted by Crippen LogP contribution is 2.38. The van der Waals surface area contributed by atoms with E-state index in [1.807, 2.05) is 5.38 Å². The van der Waals surface area contributed by atoms with Gasteiger partial charge < -0.3 is 24.4 Å². The molecule has 0 saturated carbocycles. The molecule has 0 radical (unpaired) electrons. The summed E-state index contributed by atoms with van der Waals surface area (Å²) in [6.07, 6.45) is 6.15. The van der Waals surface area contributed by atoms with Crippen LogP contribution in [0, 0.1) is 5.92 Å². The van der Waals surface area contributed by atoms with Gasteiger partial charge in [-0.2, -0.15) is 0 Å². The van der Waals surface area contributed by atoms with Crippen LogP contribution >= 0.6 is 11.3 Å². The fraction of sp³-hybridized carbons (Fsp3) is 0.381. The zero-order valence-corrected chi connectivity index (χ0v) is 18.0. The third-order valence-electron chi connectivity index (χ3n) is 4.95. The monoisotopic (exact) mass is 431 g/mol. The van der Waals surface area contributed by atoms with E-state index in [-0.39, 0.29) is 17.7 Å². The maximum absolute atomic E-state index is 12.6. The molecule has 1 N–H and O–H groups in total. The molecule has 0 unspecified atom stereocenters. The Balaban J connectivity index is 1.58. The zero-order chi connectivity index (χ0) is 21.5. The van der Waals surface area contributed by atoms with Crippen molar-refractivity contribution < 1.29 is 23.8 Å². The van der Waals surface area contributed by atoms with Crippen LogP contribution in [0.2, 0.25) is 0 Å². The van der Waals surface area contributed by atoms with Crippen LogP contribution in [0.5, 0.6) is 17.2 Å². The standard InChI is InChI=1S/C21H25N3O5S/c1-27-16-12-14(13-17(28-2)19(16)29-3)4-5-18(25)24-9-6-15(7-10-24)20(26)23-21-22-8-11-30-21/h4-5,8,11-13,15H,6-7,9-10H2,1-3H3,(H,22,23,26)/b5-4+. The number of aromatic nitrogens is 1. The molecule has 1 aliphatic rings. The number of nitrogens with one attached hydrogen (secondary N) is 1. The summed E-state index contributed by atoms with van der Waals surface area (Å²) in [7, 11) is 4.63. The van der Waals surface area contributed by atoms with Crippen molar-refractivity contribution in [2.75, 3.05) is 39.7 Å². The summed E-state index contributed by atoms with van der Waals surface area (Å²) >= 11 is 1.39. The summed E-state index contributed by atoms with van der Waals surface area (Å²) in [6.45, 7) is 1.07. The number of carbonyl (C=O) groups excluding carboxylic acids is 2. The molecule has 30 heavy (non-hydrogen) atoms. The molecule has 0 atom stereocenters. The lowest BCUT2D eigenvalue weighted by Crippen LogP contribution is -2.40. The van der Waals surface area contributed by atoms with E-state index in [9.17, 15) is 9.59 Å². The fourth-order valence-electron chi connectivity index (χ4n) is 3.33. The van der Waals surface area contributed by atoms with E-state index in [0.717, 1.165) is 5.56 Å². The second kappa shape index (κ2) is 10.1. The summed E-state index contributed by atoms with van der Waals surface area (Å²) in [5.41, 5.74) is 0.760. The predicted molar refractivity (Wildman–Crippen MR) is 115 cm³/mol. The SMILES string of the molecule is COc1cc(/C=C/C(=O)N2CCC(C(=O)Nc3nccs3)CC2)cc(OC)c1OC. The van der Waals surface area contributed by atoms with Crippen LogP contribution in [0.25, 0.3) is 6.08 Å². The first-order valence-corrected chi connectivity index (χ1v) is 10.4. The van der Waals surface area contributed by atoms with E-state index >= 15 is 0 Å². The highest BCUT2D eigenvalue weighted by atomic mass is 32.1. The lowest BCUT2D eigenvalue weighted by atomic mass is 9.96. The molecule has 2 amide bonds. The number of amides is 2. The molecule has 0 bridgehead atoms. The van der Waals surface area contributed by atoms with Crippen molar-refractivity contribution in [1.29, 1.82) is 0 Å². The minimum absolute atomic E-state index is 0.0370. The van der Waals surface area contributed by atoms with Crippen molar-refractivity contribution in [3.8, 4) is 17.2 Å². The molecule has 1 saturated heterocycles. The number of carbonyl (C=O) groups is 2. The highest BCUT2D eigenvalue weighted by Gasteiger charge is 2.27. The zero-order valence-electron chi connectivity index (χ0n) is 17.2. The second-order valence-electron chi connectivity index (χ2n) is 6.72. The first-order chi connectivity index (χ1) is 14.5. The molecule has 0 spiro atoms. The van der Waals surface area contributed by atoms with E-state index in [0.29, 0.717) is 48.3 Å². The van der Waals surface area contributed by atoms with Gasteiger partial charge in [-0.05, 0) is 36.6 Å². The summed E-state index contributed by atoms with van der Waals surface area (Å²) in [5, 5.41) is 5.25. The Bertz CT molecular complexity index is 880. The predicted octanol–water partition coefficient (Wildman–Crippen LogP) is 3.06. The molecule has 8 nitrogen and oxygen atoms in total. The molecule has 0 aliphatic carbocycles.